The summed E-state index contributed by atoms with van der Waals surface area (Å²) in [5, 5.41) is 0. The third kappa shape index (κ3) is 163000. The van der Waals surface area contributed by atoms with E-state index in [0.29, 0.717) is 0 Å². The van der Waals surface area contributed by atoms with Crippen molar-refractivity contribution < 1.29 is 34.6 Å². The largest absolute Gasteiger partial charge is 2.00 e. The monoisotopic (exact) mass is 221 g/mol. The molecule has 0 bridgehead atoms. The molecule has 0 unspecified atom stereocenters. The molecule has 6 nitrogen and oxygen atoms in total. The predicted molar refractivity (Wildman–Crippen MR) is 31.8 cm³/mol. The van der Waals surface area contributed by atoms with E-state index in [0.717, 1.165) is 0 Å². The maximum absolute atomic E-state index is 8.52. The van der Waals surface area contributed by atoms with Crippen molar-refractivity contribution in [3.8, 4) is 0 Å². The Labute approximate surface area is 70.9 Å². The molecule has 8 heteroatoms. The van der Waals surface area contributed by atoms with Crippen LogP contribution in [0.2, 0.25) is 0 Å². The Hall–Kier alpha value is 0.0495. The molecule has 0 heterocycles. The first-order valence-corrected chi connectivity index (χ1v) is 2.50. The molecule has 0 fully saturated rings. The molecule has 0 saturated carbocycles. The third-order valence-corrected chi connectivity index (χ3v) is 0. The van der Waals surface area contributed by atoms with Gasteiger partial charge in [-0.1, -0.05) is 0 Å². The van der Waals surface area contributed by atoms with Crippen LogP contribution < -0.4 is 12.3 Å². The third-order valence-electron chi connectivity index (χ3n) is 0. The van der Waals surface area contributed by atoms with E-state index in [9.17, 15) is 0 Å². The molecule has 0 aromatic carbocycles. The molecular formula is C2H10CuN2O4S. The standard InChI is InChI=1S/C2H4.Cu.2H3N.H2O4S/c1-2;;;;1-5(2,3)4/h1-2H2;;2*1H3;(H2,1,2,3,4)/q;+2;;;/p-2. The van der Waals surface area contributed by atoms with E-state index >= 15 is 0 Å². The fraction of sp³-hybridized carbons (Fsp3) is 0. The van der Waals surface area contributed by atoms with Crippen LogP contribution in [0.3, 0.4) is 0 Å². The smallest absolute Gasteiger partial charge is 0.759 e. The zero-order valence-electron chi connectivity index (χ0n) is 5.17. The molecule has 0 rings (SSSR count). The Bertz CT molecular complexity index is 115. The van der Waals surface area contributed by atoms with Gasteiger partial charge in [0.15, 0.2) is 0 Å². The quantitative estimate of drug-likeness (QED) is 0.250. The van der Waals surface area contributed by atoms with Gasteiger partial charge in [0.05, 0.1) is 0 Å². The minimum Gasteiger partial charge on any atom is -0.759 e. The van der Waals surface area contributed by atoms with Crippen molar-refractivity contribution in [3.05, 3.63) is 13.2 Å². The first-order chi connectivity index (χ1) is 3.00. The van der Waals surface area contributed by atoms with E-state index in [2.05, 4.69) is 13.2 Å². The first kappa shape index (κ1) is 32.3. The van der Waals surface area contributed by atoms with Gasteiger partial charge in [0, 0.05) is 10.4 Å². The summed E-state index contributed by atoms with van der Waals surface area (Å²) in [7, 11) is -5.17. The van der Waals surface area contributed by atoms with E-state index in [4.69, 9.17) is 17.5 Å². The van der Waals surface area contributed by atoms with Gasteiger partial charge >= 0.3 is 17.1 Å². The molecule has 0 amide bonds. The van der Waals surface area contributed by atoms with Crippen molar-refractivity contribution in [3.63, 3.8) is 0 Å². The van der Waals surface area contributed by atoms with Crippen LogP contribution >= 0.6 is 0 Å². The molecule has 0 spiro atoms. The van der Waals surface area contributed by atoms with Crippen LogP contribution in [-0.4, -0.2) is 17.5 Å². The number of hydrogen-bond donors (Lipinski definition) is 2. The first-order valence-electron chi connectivity index (χ1n) is 1.17. The molecular weight excluding hydrogens is 212 g/mol. The van der Waals surface area contributed by atoms with Crippen LogP contribution in [0.15, 0.2) is 13.2 Å². The van der Waals surface area contributed by atoms with Crippen molar-refractivity contribution in [2.75, 3.05) is 0 Å². The molecule has 0 saturated heterocycles. The molecule has 0 aromatic rings. The summed E-state index contributed by atoms with van der Waals surface area (Å²) in [6.07, 6.45) is 0. The summed E-state index contributed by atoms with van der Waals surface area (Å²) >= 11 is 0. The van der Waals surface area contributed by atoms with Crippen LogP contribution in [-0.2, 0) is 27.5 Å². The second-order valence-corrected chi connectivity index (χ2v) is 1.22. The molecule has 1 radical (unpaired) electrons. The van der Waals surface area contributed by atoms with Gasteiger partial charge in [-0.15, -0.1) is 13.2 Å². The average Bonchev–Trinajstić information content (AvgIpc) is 1.36. The molecule has 0 aliphatic rings. The average molecular weight is 222 g/mol. The Morgan fingerprint density at radius 2 is 1.00 bits per heavy atom. The SMILES string of the molecule is C=C.N.N.O=S(=O)([O-])[O-].[Cu+2]. The predicted octanol–water partition coefficient (Wildman–Crippen LogP) is -0.214. The zero-order chi connectivity index (χ0) is 6.50. The van der Waals surface area contributed by atoms with E-state index < -0.39 is 10.4 Å². The Kier molecular flexibility index (Phi) is 51.7. The minimum absolute atomic E-state index is 0. The topological polar surface area (TPSA) is 150 Å². The molecule has 0 aromatic heterocycles. The molecule has 0 aliphatic carbocycles. The van der Waals surface area contributed by atoms with Crippen LogP contribution in [0.1, 0.15) is 0 Å². The summed E-state index contributed by atoms with van der Waals surface area (Å²) in [6.45, 7) is 6.00. The summed E-state index contributed by atoms with van der Waals surface area (Å²) in [5.41, 5.74) is 0. The fourth-order valence-electron chi connectivity index (χ4n) is 0. The van der Waals surface area contributed by atoms with Gasteiger partial charge < -0.3 is 21.4 Å². The van der Waals surface area contributed by atoms with Gasteiger partial charge in [-0.2, -0.15) is 0 Å². The molecule has 0 atom stereocenters. The van der Waals surface area contributed by atoms with Gasteiger partial charge in [-0.3, -0.25) is 8.42 Å². The molecule has 0 aliphatic heterocycles. The Morgan fingerprint density at radius 1 is 1.00 bits per heavy atom. The van der Waals surface area contributed by atoms with Crippen LogP contribution in [0.4, 0.5) is 0 Å². The van der Waals surface area contributed by atoms with Gasteiger partial charge in [0.2, 0.25) is 0 Å². The zero-order valence-corrected chi connectivity index (χ0v) is 6.93. The second-order valence-electron chi connectivity index (χ2n) is 0.408. The van der Waals surface area contributed by atoms with E-state index in [-0.39, 0.29) is 29.4 Å². The second kappa shape index (κ2) is 16.0. The van der Waals surface area contributed by atoms with Gasteiger partial charge in [-0.25, -0.2) is 0 Å². The van der Waals surface area contributed by atoms with Gasteiger partial charge in [0.25, 0.3) is 0 Å². The molecule has 10 heavy (non-hydrogen) atoms. The van der Waals surface area contributed by atoms with Crippen molar-refractivity contribution in [1.29, 1.82) is 0 Å². The molecule has 69 valence electrons. The summed E-state index contributed by atoms with van der Waals surface area (Å²) in [6, 6.07) is 0. The van der Waals surface area contributed by atoms with E-state index in [1.807, 2.05) is 0 Å². The Morgan fingerprint density at radius 3 is 1.00 bits per heavy atom. The van der Waals surface area contributed by atoms with Gasteiger partial charge in [-0.05, 0) is 0 Å². The minimum atomic E-state index is -5.17. The van der Waals surface area contributed by atoms with Crippen LogP contribution in [0, 0.1) is 0 Å². The summed E-state index contributed by atoms with van der Waals surface area (Å²) in [4.78, 5) is 0. The fourth-order valence-corrected chi connectivity index (χ4v) is 0. The van der Waals surface area contributed by atoms with Crippen LogP contribution in [0.25, 0.3) is 0 Å². The number of rotatable bonds is 0. The molecule has 6 N–H and O–H groups in total. The van der Waals surface area contributed by atoms with Gasteiger partial charge in [0.1, 0.15) is 0 Å². The Balaban J connectivity index is -0.0000000154. The van der Waals surface area contributed by atoms with Crippen LogP contribution in [0.5, 0.6) is 0 Å². The van der Waals surface area contributed by atoms with Crippen molar-refractivity contribution in [1.82, 2.24) is 12.3 Å². The number of hydrogen-bond acceptors (Lipinski definition) is 6. The normalized spacial score (nSPS) is 6.20. The summed E-state index contributed by atoms with van der Waals surface area (Å²) in [5.74, 6) is 0. The van der Waals surface area contributed by atoms with Crippen molar-refractivity contribution in [2.45, 2.75) is 0 Å². The van der Waals surface area contributed by atoms with E-state index in [1.165, 1.54) is 0 Å². The van der Waals surface area contributed by atoms with E-state index in [1.54, 1.807) is 0 Å². The summed E-state index contributed by atoms with van der Waals surface area (Å²) < 4.78 is 34.1. The van der Waals surface area contributed by atoms with Crippen molar-refractivity contribution >= 4 is 10.4 Å². The van der Waals surface area contributed by atoms with Crippen molar-refractivity contribution in [2.24, 2.45) is 0 Å². The maximum atomic E-state index is 8.52. The maximum Gasteiger partial charge on any atom is 2.00 e.